The lowest BCUT2D eigenvalue weighted by Crippen LogP contribution is -2.26. The highest BCUT2D eigenvalue weighted by Gasteiger charge is 2.43. The van der Waals surface area contributed by atoms with Gasteiger partial charge in [0.1, 0.15) is 6.54 Å². The molecule has 4 nitrogen and oxygen atoms in total. The highest BCUT2D eigenvalue weighted by molar-refractivity contribution is 7.85. The van der Waals surface area contributed by atoms with Crippen molar-refractivity contribution in [2.75, 3.05) is 6.54 Å². The second kappa shape index (κ2) is 7.41. The molecule has 0 saturated carbocycles. The molecular weight excluding hydrogens is 358 g/mol. The molecule has 142 valence electrons. The van der Waals surface area contributed by atoms with Crippen molar-refractivity contribution < 1.29 is 17.5 Å². The molecule has 1 N–H and O–H groups in total. The molecule has 27 heavy (non-hydrogen) atoms. The van der Waals surface area contributed by atoms with E-state index in [0.717, 1.165) is 30.6 Å². The van der Waals surface area contributed by atoms with E-state index in [0.29, 0.717) is 0 Å². The second-order valence-corrected chi connectivity index (χ2v) is 8.91. The van der Waals surface area contributed by atoms with Crippen LogP contribution in [0.1, 0.15) is 39.2 Å². The van der Waals surface area contributed by atoms with Crippen LogP contribution in [0.15, 0.2) is 71.2 Å². The molecule has 3 rings (SSSR count). The highest BCUT2D eigenvalue weighted by atomic mass is 32.2. The van der Waals surface area contributed by atoms with Crippen molar-refractivity contribution in [3.05, 3.63) is 71.9 Å². The van der Waals surface area contributed by atoms with Crippen LogP contribution < -0.4 is 0 Å². The molecule has 1 heterocycles. The third-order valence-electron chi connectivity index (χ3n) is 5.45. The standard InChI is InChI=1S/C22H25NO3S/c1-17-22(2,3)20-16-19(27(24,25)26)13-14-21(20)23(17)15-9-12-18-10-7-5-4-6-8-11-18/h4-8,10-11,13-14,16H,9,12,15H2,1-3H3/p+1/b5-4-,6-4?,7-5?,8-6-,10-7?,11-8?,18-10?,18-11?. The van der Waals surface area contributed by atoms with Crippen molar-refractivity contribution in [2.24, 2.45) is 0 Å². The molecule has 2 aliphatic rings. The normalized spacial score (nSPS) is 20.7. The summed E-state index contributed by atoms with van der Waals surface area (Å²) in [5, 5.41) is 0. The Morgan fingerprint density at radius 2 is 1.78 bits per heavy atom. The summed E-state index contributed by atoms with van der Waals surface area (Å²) in [5.74, 6) is 0. The Labute approximate surface area is 161 Å². The molecule has 0 amide bonds. The van der Waals surface area contributed by atoms with Crippen LogP contribution in [-0.2, 0) is 15.5 Å². The van der Waals surface area contributed by atoms with Crippen molar-refractivity contribution in [1.29, 1.82) is 0 Å². The Bertz CT molecular complexity index is 1010. The summed E-state index contributed by atoms with van der Waals surface area (Å²) in [6.07, 6.45) is 16.4. The zero-order valence-corrected chi connectivity index (χ0v) is 16.8. The largest absolute Gasteiger partial charge is 0.294 e. The number of benzene rings is 1. The predicted molar refractivity (Wildman–Crippen MR) is 109 cm³/mol. The number of fused-ring (bicyclic) bond motifs is 1. The molecule has 0 radical (unpaired) electrons. The topological polar surface area (TPSA) is 57.4 Å². The van der Waals surface area contributed by atoms with Crippen LogP contribution in [0.5, 0.6) is 0 Å². The first-order valence-corrected chi connectivity index (χ1v) is 10.6. The van der Waals surface area contributed by atoms with Crippen molar-refractivity contribution in [1.82, 2.24) is 0 Å². The number of hydrogen-bond donors (Lipinski definition) is 1. The Hall–Kier alpha value is -2.24. The van der Waals surface area contributed by atoms with Gasteiger partial charge in [-0.15, -0.1) is 0 Å². The molecule has 1 aliphatic heterocycles. The SMILES string of the molecule is CC1=[N+](CCCC2=C/C=C\C=C/C=C2)c2ccc(S(=O)(=O)O)cc2C1(C)C. The Morgan fingerprint density at radius 1 is 1.07 bits per heavy atom. The minimum atomic E-state index is -4.20. The lowest BCUT2D eigenvalue weighted by molar-refractivity contribution is -0.439. The van der Waals surface area contributed by atoms with Crippen LogP contribution in [0.2, 0.25) is 0 Å². The molecular formula is C22H26NO3S+. The van der Waals surface area contributed by atoms with Crippen molar-refractivity contribution in [2.45, 2.75) is 43.9 Å². The van der Waals surface area contributed by atoms with E-state index in [-0.39, 0.29) is 10.3 Å². The van der Waals surface area contributed by atoms with E-state index in [4.69, 9.17) is 0 Å². The Balaban J connectivity index is 1.82. The maximum Gasteiger partial charge on any atom is 0.294 e. The molecule has 1 aromatic rings. The van der Waals surface area contributed by atoms with Gasteiger partial charge in [-0.2, -0.15) is 13.0 Å². The van der Waals surface area contributed by atoms with Crippen LogP contribution in [0.3, 0.4) is 0 Å². The smallest absolute Gasteiger partial charge is 0.282 e. The van der Waals surface area contributed by atoms with Gasteiger partial charge >= 0.3 is 0 Å². The fraction of sp³-hybridized carbons (Fsp3) is 0.318. The average Bonchev–Trinajstić information content (AvgIpc) is 2.76. The third kappa shape index (κ3) is 4.04. The van der Waals surface area contributed by atoms with E-state index in [1.807, 2.05) is 18.2 Å². The van der Waals surface area contributed by atoms with E-state index in [9.17, 15) is 13.0 Å². The maximum atomic E-state index is 11.5. The second-order valence-electron chi connectivity index (χ2n) is 7.49. The fourth-order valence-corrected chi connectivity index (χ4v) is 4.13. The molecule has 0 atom stereocenters. The average molecular weight is 385 g/mol. The van der Waals surface area contributed by atoms with Gasteiger partial charge in [-0.3, -0.25) is 4.55 Å². The molecule has 0 spiro atoms. The minimum Gasteiger partial charge on any atom is -0.282 e. The third-order valence-corrected chi connectivity index (χ3v) is 6.30. The first kappa shape index (κ1) is 19.5. The van der Waals surface area contributed by atoms with Crippen LogP contribution >= 0.6 is 0 Å². The number of allylic oxidation sites excluding steroid dienone is 8. The van der Waals surface area contributed by atoms with Crippen molar-refractivity contribution in [3.8, 4) is 0 Å². The van der Waals surface area contributed by atoms with Crippen LogP contribution in [0.4, 0.5) is 5.69 Å². The van der Waals surface area contributed by atoms with Crippen LogP contribution in [0.25, 0.3) is 0 Å². The van der Waals surface area contributed by atoms with E-state index in [1.165, 1.54) is 17.4 Å². The monoisotopic (exact) mass is 384 g/mol. The Morgan fingerprint density at radius 3 is 2.52 bits per heavy atom. The quantitative estimate of drug-likeness (QED) is 0.590. The zero-order chi connectivity index (χ0) is 19.7. The number of nitrogens with zero attached hydrogens (tertiary/aromatic N) is 1. The Kier molecular flexibility index (Phi) is 5.36. The van der Waals surface area contributed by atoms with Crippen LogP contribution in [-0.4, -0.2) is 29.8 Å². The summed E-state index contributed by atoms with van der Waals surface area (Å²) < 4.78 is 34.7. The summed E-state index contributed by atoms with van der Waals surface area (Å²) >= 11 is 0. The minimum absolute atomic E-state index is 0.0476. The lowest BCUT2D eigenvalue weighted by atomic mass is 9.82. The van der Waals surface area contributed by atoms with E-state index in [1.54, 1.807) is 12.1 Å². The molecule has 0 aromatic heterocycles. The molecule has 0 bridgehead atoms. The van der Waals surface area contributed by atoms with Crippen molar-refractivity contribution in [3.63, 3.8) is 0 Å². The summed E-state index contributed by atoms with van der Waals surface area (Å²) in [6.45, 7) is 7.13. The van der Waals surface area contributed by atoms with Gasteiger partial charge < -0.3 is 0 Å². The number of hydrogen-bond acceptors (Lipinski definition) is 2. The van der Waals surface area contributed by atoms with Gasteiger partial charge in [0.15, 0.2) is 5.71 Å². The summed E-state index contributed by atoms with van der Waals surface area (Å²) in [5.41, 5.74) is 4.16. The van der Waals surface area contributed by atoms with E-state index >= 15 is 0 Å². The first-order chi connectivity index (χ1) is 12.7. The molecule has 1 aliphatic carbocycles. The van der Waals surface area contributed by atoms with Gasteiger partial charge in [0, 0.05) is 25.0 Å². The van der Waals surface area contributed by atoms with E-state index < -0.39 is 10.1 Å². The molecule has 0 unspecified atom stereocenters. The predicted octanol–water partition coefficient (Wildman–Crippen LogP) is 4.72. The summed E-state index contributed by atoms with van der Waals surface area (Å²) in [6, 6.07) is 4.89. The first-order valence-electron chi connectivity index (χ1n) is 9.15. The zero-order valence-electron chi connectivity index (χ0n) is 16.0. The fourth-order valence-electron chi connectivity index (χ4n) is 3.63. The van der Waals surface area contributed by atoms with Gasteiger partial charge in [-0.1, -0.05) is 42.5 Å². The van der Waals surface area contributed by atoms with Gasteiger partial charge in [-0.25, -0.2) is 0 Å². The summed E-state index contributed by atoms with van der Waals surface area (Å²) in [7, 11) is -4.20. The van der Waals surface area contributed by atoms with Gasteiger partial charge in [0.25, 0.3) is 10.1 Å². The lowest BCUT2D eigenvalue weighted by Gasteiger charge is -2.15. The molecule has 1 aromatic carbocycles. The maximum absolute atomic E-state index is 11.5. The van der Waals surface area contributed by atoms with Gasteiger partial charge in [0.2, 0.25) is 5.69 Å². The molecule has 0 saturated heterocycles. The van der Waals surface area contributed by atoms with Crippen molar-refractivity contribution >= 4 is 21.5 Å². The molecule has 0 fully saturated rings. The van der Waals surface area contributed by atoms with Gasteiger partial charge in [-0.05, 0) is 38.0 Å². The molecule has 5 heteroatoms. The van der Waals surface area contributed by atoms with Crippen LogP contribution in [0, 0.1) is 0 Å². The number of rotatable bonds is 5. The summed E-state index contributed by atoms with van der Waals surface area (Å²) in [4.78, 5) is -0.0476. The van der Waals surface area contributed by atoms with E-state index in [2.05, 4.69) is 49.7 Å². The highest BCUT2D eigenvalue weighted by Crippen LogP contribution is 2.40. The van der Waals surface area contributed by atoms with Gasteiger partial charge in [0.05, 0.1) is 10.3 Å².